The maximum Gasteiger partial charge on any atom is 0.247 e. The molecule has 0 saturated carbocycles. The molecule has 1 aliphatic rings. The number of nitrogens with one attached hydrogen (secondary N) is 2. The summed E-state index contributed by atoms with van der Waals surface area (Å²) in [6, 6.07) is 5.43. The van der Waals surface area contributed by atoms with Crippen molar-refractivity contribution in [2.75, 3.05) is 19.5 Å². The van der Waals surface area contributed by atoms with Crippen LogP contribution in [-0.4, -0.2) is 45.2 Å². The van der Waals surface area contributed by atoms with Crippen LogP contribution < -0.4 is 14.8 Å². The fraction of sp³-hybridized carbons (Fsp3) is 0.318. The lowest BCUT2D eigenvalue weighted by molar-refractivity contribution is -0.111. The van der Waals surface area contributed by atoms with Gasteiger partial charge in [0.05, 0.1) is 31.7 Å². The molecule has 3 N–H and O–H groups in total. The standard InChI is InChI=1S/C22H25N5O4/c1-5-19(28)24-18-12-23-27(2)21(18)20-16-6-7-22(29,11-17(16)25-26-20)13-8-14(30-3)10-15(9-13)31-4/h5,8-10,12,29H,1,6-7,11H2,2-4H3,(H,24,28)(H,25,26)/t22-/m0/s1. The van der Waals surface area contributed by atoms with Crippen LogP contribution in [0.3, 0.4) is 0 Å². The minimum atomic E-state index is -1.09. The molecule has 2 heterocycles. The van der Waals surface area contributed by atoms with Gasteiger partial charge in [0, 0.05) is 30.8 Å². The summed E-state index contributed by atoms with van der Waals surface area (Å²) in [5, 5.41) is 26.1. The number of aromatic nitrogens is 4. The van der Waals surface area contributed by atoms with Crippen LogP contribution in [0, 0.1) is 0 Å². The first-order valence-electron chi connectivity index (χ1n) is 9.86. The van der Waals surface area contributed by atoms with E-state index in [1.807, 2.05) is 12.1 Å². The molecule has 4 rings (SSSR count). The SMILES string of the molecule is C=CC(=O)Nc1cnn(C)c1-c1n[nH]c2c1CC[C@@](O)(c1cc(OC)cc(OC)c1)C2. The Kier molecular flexibility index (Phi) is 5.28. The summed E-state index contributed by atoms with van der Waals surface area (Å²) in [6.07, 6.45) is 4.24. The van der Waals surface area contributed by atoms with E-state index in [1.165, 1.54) is 6.08 Å². The van der Waals surface area contributed by atoms with Crippen molar-refractivity contribution in [3.8, 4) is 22.9 Å². The first-order chi connectivity index (χ1) is 14.9. The minimum absolute atomic E-state index is 0.319. The molecular weight excluding hydrogens is 398 g/mol. The van der Waals surface area contributed by atoms with Crippen LogP contribution >= 0.6 is 0 Å². The molecule has 2 aromatic heterocycles. The van der Waals surface area contributed by atoms with E-state index in [-0.39, 0.29) is 5.91 Å². The fourth-order valence-electron chi connectivity index (χ4n) is 4.04. The van der Waals surface area contributed by atoms with Crippen LogP contribution in [0.1, 0.15) is 23.2 Å². The molecule has 31 heavy (non-hydrogen) atoms. The Labute approximate surface area is 179 Å². The van der Waals surface area contributed by atoms with E-state index < -0.39 is 5.60 Å². The molecule has 0 radical (unpaired) electrons. The average molecular weight is 423 g/mol. The first-order valence-corrected chi connectivity index (χ1v) is 9.86. The van der Waals surface area contributed by atoms with Gasteiger partial charge < -0.3 is 19.9 Å². The third-order valence-electron chi connectivity index (χ3n) is 5.71. The number of aliphatic hydroxyl groups is 1. The summed E-state index contributed by atoms with van der Waals surface area (Å²) in [4.78, 5) is 11.8. The number of fused-ring (bicyclic) bond motifs is 1. The number of carbonyl (C=O) groups excluding carboxylic acids is 1. The van der Waals surface area contributed by atoms with Crippen molar-refractivity contribution in [3.05, 3.63) is 53.9 Å². The Morgan fingerprint density at radius 3 is 2.68 bits per heavy atom. The van der Waals surface area contributed by atoms with Gasteiger partial charge in [-0.3, -0.25) is 14.6 Å². The van der Waals surface area contributed by atoms with Gasteiger partial charge in [-0.2, -0.15) is 10.2 Å². The molecule has 1 atom stereocenters. The van der Waals surface area contributed by atoms with Crippen molar-refractivity contribution in [3.63, 3.8) is 0 Å². The number of aromatic amines is 1. The third-order valence-corrected chi connectivity index (χ3v) is 5.71. The monoisotopic (exact) mass is 423 g/mol. The summed E-state index contributed by atoms with van der Waals surface area (Å²) >= 11 is 0. The smallest absolute Gasteiger partial charge is 0.247 e. The van der Waals surface area contributed by atoms with Crippen molar-refractivity contribution in [1.29, 1.82) is 0 Å². The minimum Gasteiger partial charge on any atom is -0.497 e. The molecule has 1 amide bonds. The van der Waals surface area contributed by atoms with E-state index in [2.05, 4.69) is 27.2 Å². The number of rotatable bonds is 6. The number of nitrogens with zero attached hydrogens (tertiary/aromatic N) is 3. The Bertz CT molecular complexity index is 1130. The fourth-order valence-corrected chi connectivity index (χ4v) is 4.04. The maximum absolute atomic E-state index is 11.8. The van der Waals surface area contributed by atoms with Crippen LogP contribution in [0.15, 0.2) is 37.1 Å². The predicted molar refractivity (Wildman–Crippen MR) is 115 cm³/mol. The molecule has 1 aliphatic carbocycles. The van der Waals surface area contributed by atoms with Gasteiger partial charge in [-0.1, -0.05) is 6.58 Å². The molecule has 0 saturated heterocycles. The van der Waals surface area contributed by atoms with Gasteiger partial charge in [-0.15, -0.1) is 0 Å². The Morgan fingerprint density at radius 1 is 1.32 bits per heavy atom. The summed E-state index contributed by atoms with van der Waals surface area (Å²) in [7, 11) is 4.96. The quantitative estimate of drug-likeness (QED) is 0.525. The molecule has 9 heteroatoms. The highest BCUT2D eigenvalue weighted by atomic mass is 16.5. The van der Waals surface area contributed by atoms with E-state index in [0.29, 0.717) is 47.8 Å². The lowest BCUT2D eigenvalue weighted by Crippen LogP contribution is -2.33. The lowest BCUT2D eigenvalue weighted by atomic mass is 9.78. The van der Waals surface area contributed by atoms with Gasteiger partial charge in [0.1, 0.15) is 22.9 Å². The Balaban J connectivity index is 1.70. The van der Waals surface area contributed by atoms with E-state index in [1.54, 1.807) is 38.2 Å². The number of methoxy groups -OCH3 is 2. The highest BCUT2D eigenvalue weighted by molar-refractivity contribution is 6.01. The molecule has 3 aromatic rings. The second-order valence-electron chi connectivity index (χ2n) is 7.56. The lowest BCUT2D eigenvalue weighted by Gasteiger charge is -2.33. The molecule has 0 aliphatic heterocycles. The summed E-state index contributed by atoms with van der Waals surface area (Å²) < 4.78 is 12.4. The van der Waals surface area contributed by atoms with Crippen molar-refractivity contribution in [2.24, 2.45) is 7.05 Å². The second-order valence-corrected chi connectivity index (χ2v) is 7.56. The Morgan fingerprint density at radius 2 is 2.03 bits per heavy atom. The van der Waals surface area contributed by atoms with E-state index in [9.17, 15) is 9.90 Å². The van der Waals surface area contributed by atoms with Crippen LogP contribution in [0.4, 0.5) is 5.69 Å². The second kappa shape index (κ2) is 7.92. The van der Waals surface area contributed by atoms with Gasteiger partial charge in [-0.25, -0.2) is 0 Å². The molecule has 0 spiro atoms. The summed E-state index contributed by atoms with van der Waals surface area (Å²) in [5.41, 5.74) is 3.43. The number of hydrogen-bond acceptors (Lipinski definition) is 6. The van der Waals surface area contributed by atoms with Crippen LogP contribution in [0.5, 0.6) is 11.5 Å². The summed E-state index contributed by atoms with van der Waals surface area (Å²) in [5.74, 6) is 0.924. The number of amides is 1. The molecule has 1 aromatic carbocycles. The van der Waals surface area contributed by atoms with E-state index in [4.69, 9.17) is 9.47 Å². The zero-order valence-electron chi connectivity index (χ0n) is 17.7. The maximum atomic E-state index is 11.8. The van der Waals surface area contributed by atoms with Gasteiger partial charge in [0.25, 0.3) is 0 Å². The normalized spacial score (nSPS) is 17.7. The van der Waals surface area contributed by atoms with Crippen molar-refractivity contribution in [1.82, 2.24) is 20.0 Å². The number of benzene rings is 1. The number of ether oxygens (including phenoxy) is 2. The molecular formula is C22H25N5O4. The van der Waals surface area contributed by atoms with Crippen molar-refractivity contribution >= 4 is 11.6 Å². The van der Waals surface area contributed by atoms with Crippen LogP contribution in [0.25, 0.3) is 11.4 Å². The van der Waals surface area contributed by atoms with Gasteiger partial charge in [0.2, 0.25) is 5.91 Å². The van der Waals surface area contributed by atoms with Crippen molar-refractivity contribution in [2.45, 2.75) is 24.9 Å². The van der Waals surface area contributed by atoms with Gasteiger partial charge >= 0.3 is 0 Å². The number of carbonyl (C=O) groups is 1. The first kappa shape index (κ1) is 20.7. The average Bonchev–Trinajstić information content (AvgIpc) is 3.35. The number of H-pyrrole nitrogens is 1. The molecule has 0 fully saturated rings. The highest BCUT2D eigenvalue weighted by Crippen LogP contribution is 2.42. The Hall–Kier alpha value is -3.59. The van der Waals surface area contributed by atoms with E-state index >= 15 is 0 Å². The highest BCUT2D eigenvalue weighted by Gasteiger charge is 2.37. The molecule has 0 bridgehead atoms. The van der Waals surface area contributed by atoms with Crippen LogP contribution in [0.2, 0.25) is 0 Å². The van der Waals surface area contributed by atoms with Gasteiger partial charge in [0.15, 0.2) is 0 Å². The number of hydrogen-bond donors (Lipinski definition) is 3. The largest absolute Gasteiger partial charge is 0.497 e. The number of aryl methyl sites for hydroxylation is 1. The zero-order chi connectivity index (χ0) is 22.2. The topological polar surface area (TPSA) is 114 Å². The van der Waals surface area contributed by atoms with E-state index in [0.717, 1.165) is 16.8 Å². The van der Waals surface area contributed by atoms with Crippen molar-refractivity contribution < 1.29 is 19.4 Å². The number of anilines is 1. The molecule has 9 nitrogen and oxygen atoms in total. The summed E-state index contributed by atoms with van der Waals surface area (Å²) in [6.45, 7) is 3.49. The zero-order valence-corrected chi connectivity index (χ0v) is 17.7. The molecule has 0 unspecified atom stereocenters. The third kappa shape index (κ3) is 3.68. The molecule has 162 valence electrons. The van der Waals surface area contributed by atoms with Crippen LogP contribution in [-0.2, 0) is 30.3 Å². The predicted octanol–water partition coefficient (Wildman–Crippen LogP) is 2.33. The van der Waals surface area contributed by atoms with Gasteiger partial charge in [-0.05, 0) is 36.6 Å².